The Bertz CT molecular complexity index is 1630. The first-order valence-corrected chi connectivity index (χ1v) is 10.3. The van der Waals surface area contributed by atoms with Gasteiger partial charge in [0, 0.05) is 10.6 Å². The molecule has 154 valence electrons. The molecule has 8 heteroatoms. The summed E-state index contributed by atoms with van der Waals surface area (Å²) < 4.78 is 5.17. The summed E-state index contributed by atoms with van der Waals surface area (Å²) in [5.41, 5.74) is 2.74. The van der Waals surface area contributed by atoms with Crippen LogP contribution in [0.3, 0.4) is 0 Å². The zero-order valence-corrected chi connectivity index (χ0v) is 17.4. The van der Waals surface area contributed by atoms with Crippen LogP contribution in [0.2, 0.25) is 5.02 Å². The molecule has 0 bridgehead atoms. The summed E-state index contributed by atoms with van der Waals surface area (Å²) in [5.74, 6) is 0.986. The highest BCUT2D eigenvalue weighted by atomic mass is 35.5. The Balaban J connectivity index is 1.79. The Morgan fingerprint density at radius 2 is 1.41 bits per heavy atom. The molecule has 0 saturated carbocycles. The van der Waals surface area contributed by atoms with E-state index in [-0.39, 0.29) is 5.56 Å². The van der Waals surface area contributed by atoms with Gasteiger partial charge in [-0.05, 0) is 48.5 Å². The van der Waals surface area contributed by atoms with E-state index in [1.54, 1.807) is 27.6 Å². The average molecular weight is 439 g/mol. The van der Waals surface area contributed by atoms with E-state index in [0.29, 0.717) is 33.3 Å². The van der Waals surface area contributed by atoms with Gasteiger partial charge in [0.25, 0.3) is 5.56 Å². The molecular formula is C24H15ClN6O. The second kappa shape index (κ2) is 7.18. The summed E-state index contributed by atoms with van der Waals surface area (Å²) in [6.07, 6.45) is 1.59. The van der Waals surface area contributed by atoms with Crippen LogP contribution >= 0.6 is 11.6 Å². The van der Waals surface area contributed by atoms with E-state index in [9.17, 15) is 4.79 Å². The lowest BCUT2D eigenvalue weighted by Crippen LogP contribution is -2.22. The molecule has 6 rings (SSSR count). The molecule has 0 aliphatic rings. The fraction of sp³-hybridized carbons (Fsp3) is 0. The molecule has 0 saturated heterocycles. The SMILES string of the molecule is O=c1c2cnn(-c3ccccc3)c2n2c(-c3ccc(Cl)cc3)nnc2n1-c1ccccc1. The smallest absolute Gasteiger partial charge is 0.268 e. The first-order valence-electron chi connectivity index (χ1n) is 9.97. The maximum absolute atomic E-state index is 13.6. The second-order valence-corrected chi connectivity index (χ2v) is 7.71. The lowest BCUT2D eigenvalue weighted by molar-refractivity contribution is 0.879. The Morgan fingerprint density at radius 1 is 0.750 bits per heavy atom. The van der Waals surface area contributed by atoms with Gasteiger partial charge in [0.05, 0.1) is 17.6 Å². The fourth-order valence-corrected chi connectivity index (χ4v) is 4.02. The third kappa shape index (κ3) is 2.75. The Morgan fingerprint density at radius 3 is 2.09 bits per heavy atom. The summed E-state index contributed by atoms with van der Waals surface area (Å²) in [7, 11) is 0. The summed E-state index contributed by atoms with van der Waals surface area (Å²) in [6, 6.07) is 26.4. The van der Waals surface area contributed by atoms with E-state index in [1.807, 2.05) is 77.2 Å². The van der Waals surface area contributed by atoms with Crippen LogP contribution in [0.5, 0.6) is 0 Å². The largest absolute Gasteiger partial charge is 0.270 e. The number of aromatic nitrogens is 6. The van der Waals surface area contributed by atoms with E-state index in [0.717, 1.165) is 11.3 Å². The zero-order valence-electron chi connectivity index (χ0n) is 16.6. The van der Waals surface area contributed by atoms with Crippen molar-refractivity contribution in [2.45, 2.75) is 0 Å². The third-order valence-electron chi connectivity index (χ3n) is 5.35. The van der Waals surface area contributed by atoms with E-state index >= 15 is 0 Å². The third-order valence-corrected chi connectivity index (χ3v) is 5.60. The van der Waals surface area contributed by atoms with E-state index in [4.69, 9.17) is 11.6 Å². The molecule has 32 heavy (non-hydrogen) atoms. The van der Waals surface area contributed by atoms with Gasteiger partial charge in [-0.25, -0.2) is 13.6 Å². The van der Waals surface area contributed by atoms with Crippen LogP contribution in [-0.4, -0.2) is 28.9 Å². The Kier molecular flexibility index (Phi) is 4.16. The topological polar surface area (TPSA) is 70.0 Å². The van der Waals surface area contributed by atoms with E-state index < -0.39 is 0 Å². The molecule has 3 aromatic heterocycles. The van der Waals surface area contributed by atoms with Gasteiger partial charge in [0.2, 0.25) is 5.78 Å². The highest BCUT2D eigenvalue weighted by molar-refractivity contribution is 6.30. The molecule has 0 aliphatic heterocycles. The van der Waals surface area contributed by atoms with Crippen molar-refractivity contribution in [1.82, 2.24) is 28.9 Å². The number of benzene rings is 3. The molecule has 0 radical (unpaired) electrons. The van der Waals surface area contributed by atoms with Gasteiger partial charge in [-0.1, -0.05) is 48.0 Å². The Hall–Kier alpha value is -4.23. The minimum Gasteiger partial charge on any atom is -0.268 e. The molecule has 0 N–H and O–H groups in total. The number of para-hydroxylation sites is 2. The zero-order chi connectivity index (χ0) is 21.7. The fourth-order valence-electron chi connectivity index (χ4n) is 3.89. The molecule has 0 fully saturated rings. The maximum Gasteiger partial charge on any atom is 0.270 e. The van der Waals surface area contributed by atoms with Crippen LogP contribution in [0.15, 0.2) is 95.9 Å². The van der Waals surface area contributed by atoms with Crippen LogP contribution in [0.25, 0.3) is 39.6 Å². The summed E-state index contributed by atoms with van der Waals surface area (Å²) >= 11 is 6.10. The molecule has 0 unspecified atom stereocenters. The van der Waals surface area contributed by atoms with E-state index in [1.165, 1.54) is 0 Å². The van der Waals surface area contributed by atoms with Crippen molar-refractivity contribution in [3.8, 4) is 22.8 Å². The molecule has 0 aliphatic carbocycles. The lowest BCUT2D eigenvalue weighted by Gasteiger charge is -2.11. The minimum atomic E-state index is -0.212. The van der Waals surface area contributed by atoms with Gasteiger partial charge in [-0.3, -0.25) is 4.79 Å². The molecule has 7 nitrogen and oxygen atoms in total. The van der Waals surface area contributed by atoms with Crippen LogP contribution in [0.1, 0.15) is 0 Å². The number of halogens is 1. The van der Waals surface area contributed by atoms with Crippen molar-refractivity contribution in [2.75, 3.05) is 0 Å². The first kappa shape index (κ1) is 18.5. The normalized spacial score (nSPS) is 11.4. The Labute approximate surface area is 186 Å². The predicted molar refractivity (Wildman–Crippen MR) is 124 cm³/mol. The number of rotatable bonds is 3. The van der Waals surface area contributed by atoms with Gasteiger partial charge >= 0.3 is 0 Å². The summed E-state index contributed by atoms with van der Waals surface area (Å²) in [6.45, 7) is 0. The van der Waals surface area contributed by atoms with E-state index in [2.05, 4.69) is 15.3 Å². The van der Waals surface area contributed by atoms with Crippen molar-refractivity contribution >= 4 is 28.4 Å². The van der Waals surface area contributed by atoms with Crippen LogP contribution in [0.4, 0.5) is 0 Å². The minimum absolute atomic E-state index is 0.212. The summed E-state index contributed by atoms with van der Waals surface area (Å²) in [5, 5.41) is 14.5. The number of fused-ring (bicyclic) bond motifs is 3. The first-order chi connectivity index (χ1) is 15.7. The van der Waals surface area contributed by atoms with Crippen molar-refractivity contribution in [2.24, 2.45) is 0 Å². The highest BCUT2D eigenvalue weighted by Gasteiger charge is 2.22. The van der Waals surface area contributed by atoms with Gasteiger partial charge < -0.3 is 0 Å². The molecule has 3 aromatic carbocycles. The van der Waals surface area contributed by atoms with Gasteiger partial charge in [0.15, 0.2) is 11.5 Å². The quantitative estimate of drug-likeness (QED) is 0.406. The monoisotopic (exact) mass is 438 g/mol. The molecule has 6 aromatic rings. The van der Waals surface area contributed by atoms with Crippen molar-refractivity contribution in [3.63, 3.8) is 0 Å². The standard InChI is InChI=1S/C24H15ClN6O/c25-17-13-11-16(12-14-17)21-27-28-24-29(18-7-3-1-4-8-18)23(32)20-15-26-31(22(20)30(21)24)19-9-5-2-6-10-19/h1-15H. The van der Waals surface area contributed by atoms with Crippen LogP contribution in [0, 0.1) is 0 Å². The summed E-state index contributed by atoms with van der Waals surface area (Å²) in [4.78, 5) is 13.6. The second-order valence-electron chi connectivity index (χ2n) is 7.27. The molecular weight excluding hydrogens is 424 g/mol. The van der Waals surface area contributed by atoms with Crippen LogP contribution in [-0.2, 0) is 0 Å². The molecule has 0 atom stereocenters. The van der Waals surface area contributed by atoms with Crippen molar-refractivity contribution < 1.29 is 0 Å². The average Bonchev–Trinajstić information content (AvgIpc) is 3.46. The van der Waals surface area contributed by atoms with Crippen LogP contribution < -0.4 is 5.56 Å². The molecule has 3 heterocycles. The van der Waals surface area contributed by atoms with Gasteiger partial charge in [-0.2, -0.15) is 5.10 Å². The number of hydrogen-bond acceptors (Lipinski definition) is 4. The lowest BCUT2D eigenvalue weighted by atomic mass is 10.2. The van der Waals surface area contributed by atoms with Gasteiger partial charge in [0.1, 0.15) is 5.39 Å². The predicted octanol–water partition coefficient (Wildman–Crippen LogP) is 4.54. The number of hydrogen-bond donors (Lipinski definition) is 0. The van der Waals surface area contributed by atoms with Gasteiger partial charge in [-0.15, -0.1) is 10.2 Å². The maximum atomic E-state index is 13.6. The number of nitrogens with zero attached hydrogens (tertiary/aromatic N) is 6. The molecule has 0 amide bonds. The molecule has 0 spiro atoms. The van der Waals surface area contributed by atoms with Crippen molar-refractivity contribution in [1.29, 1.82) is 0 Å². The van der Waals surface area contributed by atoms with Crippen molar-refractivity contribution in [3.05, 3.63) is 107 Å². The highest BCUT2D eigenvalue weighted by Crippen LogP contribution is 2.26.